The van der Waals surface area contributed by atoms with E-state index >= 15 is 0 Å². The molecule has 0 saturated carbocycles. The normalized spacial score (nSPS) is 11.6. The molecule has 1 atom stereocenters. The van der Waals surface area contributed by atoms with E-state index in [1.54, 1.807) is 30.3 Å². The Kier molecular flexibility index (Phi) is 6.23. The van der Waals surface area contributed by atoms with Crippen LogP contribution in [0.1, 0.15) is 22.8 Å². The molecule has 0 saturated heterocycles. The van der Waals surface area contributed by atoms with Gasteiger partial charge in [-0.3, -0.25) is 4.79 Å². The molecule has 0 aliphatic heterocycles. The van der Waals surface area contributed by atoms with Crippen molar-refractivity contribution in [2.75, 3.05) is 5.73 Å². The number of carbonyl (C=O) groups excluding carboxylic acids is 2. The van der Waals surface area contributed by atoms with Gasteiger partial charge in [-0.05, 0) is 36.8 Å². The molecule has 0 aliphatic rings. The molecule has 0 radical (unpaired) electrons. The first-order chi connectivity index (χ1) is 11.4. The van der Waals surface area contributed by atoms with E-state index in [0.717, 1.165) is 5.56 Å². The van der Waals surface area contributed by atoms with Crippen molar-refractivity contribution in [2.24, 2.45) is 0 Å². The first-order valence-electron chi connectivity index (χ1n) is 7.15. The maximum Gasteiger partial charge on any atom is 0.341 e. The third-order valence-corrected chi connectivity index (χ3v) is 4.16. The molecule has 2 aromatic carbocycles. The zero-order valence-corrected chi connectivity index (χ0v) is 15.2. The maximum absolute atomic E-state index is 12.1. The topological polar surface area (TPSA) is 81.4 Å². The second kappa shape index (κ2) is 8.17. The van der Waals surface area contributed by atoms with Gasteiger partial charge in [0.15, 0.2) is 6.10 Å². The molecule has 0 bridgehead atoms. The lowest BCUT2D eigenvalue weighted by molar-refractivity contribution is -0.129. The Hall–Kier alpha value is -2.05. The lowest BCUT2D eigenvalue weighted by atomic mass is 10.2. The summed E-state index contributed by atoms with van der Waals surface area (Å²) in [4.78, 5) is 24.2. The number of esters is 1. The second-order valence-electron chi connectivity index (χ2n) is 5.09. The van der Waals surface area contributed by atoms with Crippen molar-refractivity contribution in [3.05, 3.63) is 63.1 Å². The summed E-state index contributed by atoms with van der Waals surface area (Å²) in [5.41, 5.74) is 7.02. The summed E-state index contributed by atoms with van der Waals surface area (Å²) in [5, 5.41) is 3.24. The molecule has 5 nitrogen and oxygen atoms in total. The molecule has 0 aromatic heterocycles. The van der Waals surface area contributed by atoms with E-state index in [-0.39, 0.29) is 17.8 Å². The van der Waals surface area contributed by atoms with Crippen LogP contribution in [0.25, 0.3) is 0 Å². The zero-order valence-electron chi connectivity index (χ0n) is 12.9. The monoisotopic (exact) mass is 410 g/mol. The van der Waals surface area contributed by atoms with E-state index in [1.165, 1.54) is 6.92 Å². The predicted molar refractivity (Wildman–Crippen MR) is 96.7 cm³/mol. The van der Waals surface area contributed by atoms with Crippen LogP contribution in [0.2, 0.25) is 5.02 Å². The molecule has 0 spiro atoms. The fraction of sp³-hybridized carbons (Fsp3) is 0.176. The first kappa shape index (κ1) is 18.3. The third-order valence-electron chi connectivity index (χ3n) is 3.30. The largest absolute Gasteiger partial charge is 0.449 e. The summed E-state index contributed by atoms with van der Waals surface area (Å²) in [5.74, 6) is -1.08. The highest BCUT2D eigenvalue weighted by Gasteiger charge is 2.20. The number of hydrogen-bond acceptors (Lipinski definition) is 4. The highest BCUT2D eigenvalue weighted by Crippen LogP contribution is 2.20. The van der Waals surface area contributed by atoms with Gasteiger partial charge in [0.25, 0.3) is 5.91 Å². The summed E-state index contributed by atoms with van der Waals surface area (Å²) in [7, 11) is 0. The van der Waals surface area contributed by atoms with Crippen molar-refractivity contribution in [3.63, 3.8) is 0 Å². The quantitative estimate of drug-likeness (QED) is 0.582. The van der Waals surface area contributed by atoms with Crippen LogP contribution in [-0.4, -0.2) is 18.0 Å². The average molecular weight is 412 g/mol. The highest BCUT2D eigenvalue weighted by atomic mass is 79.9. The highest BCUT2D eigenvalue weighted by molar-refractivity contribution is 9.10. The molecule has 2 rings (SSSR count). The minimum atomic E-state index is -0.960. The van der Waals surface area contributed by atoms with Crippen LogP contribution in [-0.2, 0) is 16.1 Å². The fourth-order valence-electron chi connectivity index (χ4n) is 1.95. The molecule has 126 valence electrons. The third kappa shape index (κ3) is 4.72. The van der Waals surface area contributed by atoms with Crippen molar-refractivity contribution < 1.29 is 14.3 Å². The van der Waals surface area contributed by atoms with Gasteiger partial charge < -0.3 is 15.8 Å². The van der Waals surface area contributed by atoms with E-state index in [2.05, 4.69) is 21.2 Å². The minimum Gasteiger partial charge on any atom is -0.449 e. The summed E-state index contributed by atoms with van der Waals surface area (Å²) in [6.45, 7) is 1.74. The summed E-state index contributed by atoms with van der Waals surface area (Å²) in [6, 6.07) is 12.0. The molecular formula is C17H16BrClN2O3. The SMILES string of the molecule is C[C@@H](OC(=O)c1cc(Br)ccc1N)C(=O)NCc1ccccc1Cl. The number of nitrogens with two attached hydrogens (primary N) is 1. The molecule has 0 unspecified atom stereocenters. The Labute approximate surface area is 153 Å². The van der Waals surface area contributed by atoms with Gasteiger partial charge in [-0.15, -0.1) is 0 Å². The zero-order chi connectivity index (χ0) is 17.7. The molecule has 3 N–H and O–H groups in total. The number of rotatable bonds is 5. The first-order valence-corrected chi connectivity index (χ1v) is 8.32. The predicted octanol–water partition coefficient (Wildman–Crippen LogP) is 3.55. The molecular weight excluding hydrogens is 396 g/mol. The number of halogens is 2. The molecule has 24 heavy (non-hydrogen) atoms. The number of benzene rings is 2. The van der Waals surface area contributed by atoms with Crippen molar-refractivity contribution in [2.45, 2.75) is 19.6 Å². The minimum absolute atomic E-state index is 0.204. The Morgan fingerprint density at radius 2 is 2.00 bits per heavy atom. The number of nitrogens with one attached hydrogen (secondary N) is 1. The van der Waals surface area contributed by atoms with Gasteiger partial charge in [0.05, 0.1) is 5.56 Å². The van der Waals surface area contributed by atoms with Crippen LogP contribution in [0.4, 0.5) is 5.69 Å². The van der Waals surface area contributed by atoms with Gasteiger partial charge in [0.1, 0.15) is 0 Å². The van der Waals surface area contributed by atoms with Gasteiger partial charge in [-0.1, -0.05) is 45.7 Å². The van der Waals surface area contributed by atoms with Crippen molar-refractivity contribution >= 4 is 45.1 Å². The van der Waals surface area contributed by atoms with E-state index < -0.39 is 18.0 Å². The van der Waals surface area contributed by atoms with E-state index in [1.807, 2.05) is 12.1 Å². The summed E-state index contributed by atoms with van der Waals surface area (Å²) in [6.07, 6.45) is -0.960. The van der Waals surface area contributed by atoms with Gasteiger partial charge in [-0.2, -0.15) is 0 Å². The van der Waals surface area contributed by atoms with Crippen LogP contribution in [0.15, 0.2) is 46.9 Å². The van der Waals surface area contributed by atoms with E-state index in [0.29, 0.717) is 9.50 Å². The molecule has 1 amide bonds. The second-order valence-corrected chi connectivity index (χ2v) is 6.41. The van der Waals surface area contributed by atoms with E-state index in [4.69, 9.17) is 22.1 Å². The Balaban J connectivity index is 1.95. The molecule has 0 aliphatic carbocycles. The number of nitrogen functional groups attached to an aromatic ring is 1. The molecule has 0 fully saturated rings. The molecule has 0 heterocycles. The lowest BCUT2D eigenvalue weighted by Gasteiger charge is -2.15. The smallest absolute Gasteiger partial charge is 0.341 e. The lowest BCUT2D eigenvalue weighted by Crippen LogP contribution is -2.35. The van der Waals surface area contributed by atoms with Crippen LogP contribution < -0.4 is 11.1 Å². The number of amides is 1. The van der Waals surface area contributed by atoms with Crippen molar-refractivity contribution in [3.8, 4) is 0 Å². The number of anilines is 1. The number of carbonyl (C=O) groups is 2. The Bertz CT molecular complexity index is 767. The van der Waals surface area contributed by atoms with Crippen LogP contribution in [0.5, 0.6) is 0 Å². The summed E-state index contributed by atoms with van der Waals surface area (Å²) < 4.78 is 5.86. The molecule has 2 aromatic rings. The Morgan fingerprint density at radius 3 is 2.71 bits per heavy atom. The Morgan fingerprint density at radius 1 is 1.29 bits per heavy atom. The number of ether oxygens (including phenoxy) is 1. The average Bonchev–Trinajstić information content (AvgIpc) is 2.55. The summed E-state index contributed by atoms with van der Waals surface area (Å²) >= 11 is 9.29. The van der Waals surface area contributed by atoms with Crippen LogP contribution in [0, 0.1) is 0 Å². The number of hydrogen-bond donors (Lipinski definition) is 2. The van der Waals surface area contributed by atoms with Crippen LogP contribution in [0.3, 0.4) is 0 Å². The maximum atomic E-state index is 12.1. The van der Waals surface area contributed by atoms with Gasteiger partial charge in [-0.25, -0.2) is 4.79 Å². The fourth-order valence-corrected chi connectivity index (χ4v) is 2.51. The van der Waals surface area contributed by atoms with Gasteiger partial charge in [0, 0.05) is 21.7 Å². The standard InChI is InChI=1S/C17H16BrClN2O3/c1-10(16(22)21-9-11-4-2-3-5-14(11)19)24-17(23)13-8-12(18)6-7-15(13)20/h2-8,10H,9,20H2,1H3,(H,21,22)/t10-/m1/s1. The van der Waals surface area contributed by atoms with Gasteiger partial charge >= 0.3 is 5.97 Å². The van der Waals surface area contributed by atoms with Crippen LogP contribution >= 0.6 is 27.5 Å². The van der Waals surface area contributed by atoms with Crippen molar-refractivity contribution in [1.29, 1.82) is 0 Å². The molecule has 7 heteroatoms. The van der Waals surface area contributed by atoms with Gasteiger partial charge in [0.2, 0.25) is 0 Å². The van der Waals surface area contributed by atoms with E-state index in [9.17, 15) is 9.59 Å². The van der Waals surface area contributed by atoms with Crippen molar-refractivity contribution in [1.82, 2.24) is 5.32 Å².